The van der Waals surface area contributed by atoms with Crippen molar-refractivity contribution < 1.29 is 13.2 Å². The second-order valence-electron chi connectivity index (χ2n) is 4.17. The normalized spacial score (nSPS) is 21.5. The number of aryl methyl sites for hydroxylation is 1. The molecule has 0 aliphatic carbocycles. The summed E-state index contributed by atoms with van der Waals surface area (Å²) in [5, 5.41) is 6.31. The third-order valence-corrected chi connectivity index (χ3v) is 5.01. The van der Waals surface area contributed by atoms with Gasteiger partial charge in [-0.2, -0.15) is 14.4 Å². The van der Waals surface area contributed by atoms with Gasteiger partial charge in [0.1, 0.15) is 11.1 Å². The summed E-state index contributed by atoms with van der Waals surface area (Å²) < 4.78 is 26.1. The molecule has 2 heterocycles. The Hall–Kier alpha value is -1.50. The highest BCUT2D eigenvalue weighted by Gasteiger charge is 2.35. The second-order valence-corrected chi connectivity index (χ2v) is 6.03. The van der Waals surface area contributed by atoms with Gasteiger partial charge in [-0.25, -0.2) is 13.2 Å². The van der Waals surface area contributed by atoms with Crippen LogP contribution in [0.2, 0.25) is 0 Å². The molecule has 8 heteroatoms. The molecular weight excluding hydrogens is 256 g/mol. The summed E-state index contributed by atoms with van der Waals surface area (Å²) in [7, 11) is -3.65. The lowest BCUT2D eigenvalue weighted by Crippen LogP contribution is -2.42. The number of aromatic amines is 1. The number of hydrogen-bond acceptors (Lipinski definition) is 5. The first kappa shape index (κ1) is 12.9. The Kier molecular flexibility index (Phi) is 3.60. The predicted octanol–water partition coefficient (Wildman–Crippen LogP) is 0.555. The van der Waals surface area contributed by atoms with Gasteiger partial charge in [0.05, 0.1) is 11.9 Å². The summed E-state index contributed by atoms with van der Waals surface area (Å²) in [6.07, 6.45) is 4.25. The van der Waals surface area contributed by atoms with Crippen molar-refractivity contribution in [2.24, 2.45) is 4.99 Å². The molecule has 7 nitrogen and oxygen atoms in total. The Balaban J connectivity index is 2.39. The highest BCUT2D eigenvalue weighted by Crippen LogP contribution is 2.26. The van der Waals surface area contributed by atoms with Crippen LogP contribution < -0.4 is 0 Å². The van der Waals surface area contributed by atoms with Gasteiger partial charge in [-0.05, 0) is 26.2 Å². The van der Waals surface area contributed by atoms with E-state index in [4.69, 9.17) is 0 Å². The average Bonchev–Trinajstić information content (AvgIpc) is 2.77. The second kappa shape index (κ2) is 5.01. The lowest BCUT2D eigenvalue weighted by Gasteiger charge is -2.30. The minimum atomic E-state index is -3.65. The van der Waals surface area contributed by atoms with E-state index in [9.17, 15) is 13.2 Å². The summed E-state index contributed by atoms with van der Waals surface area (Å²) in [5.74, 6) is 0. The summed E-state index contributed by atoms with van der Waals surface area (Å²) in [6, 6.07) is 0. The fraction of sp³-hybridized carbons (Fsp3) is 0.600. The number of aromatic nitrogens is 2. The molecule has 0 saturated carbocycles. The smallest absolute Gasteiger partial charge is 0.248 e. The van der Waals surface area contributed by atoms with E-state index in [1.165, 1.54) is 16.6 Å². The van der Waals surface area contributed by atoms with Gasteiger partial charge in [0, 0.05) is 6.54 Å². The Morgan fingerprint density at radius 1 is 1.56 bits per heavy atom. The van der Waals surface area contributed by atoms with Gasteiger partial charge < -0.3 is 0 Å². The lowest BCUT2D eigenvalue weighted by molar-refractivity contribution is 0.259. The van der Waals surface area contributed by atoms with Crippen molar-refractivity contribution in [3.8, 4) is 0 Å². The van der Waals surface area contributed by atoms with Crippen LogP contribution >= 0.6 is 0 Å². The Bertz CT molecular complexity index is 574. The maximum atomic E-state index is 12.4. The zero-order valence-corrected chi connectivity index (χ0v) is 10.8. The number of sulfonamides is 1. The monoisotopic (exact) mass is 270 g/mol. The Morgan fingerprint density at radius 2 is 2.33 bits per heavy atom. The molecule has 0 bridgehead atoms. The molecule has 98 valence electrons. The third-order valence-electron chi connectivity index (χ3n) is 3.00. The van der Waals surface area contributed by atoms with Gasteiger partial charge in [0.2, 0.25) is 16.1 Å². The predicted molar refractivity (Wildman–Crippen MR) is 63.0 cm³/mol. The van der Waals surface area contributed by atoms with E-state index in [0.717, 1.165) is 12.8 Å². The van der Waals surface area contributed by atoms with Gasteiger partial charge in [0.15, 0.2) is 0 Å². The van der Waals surface area contributed by atoms with Crippen molar-refractivity contribution in [3.63, 3.8) is 0 Å². The van der Waals surface area contributed by atoms with Crippen molar-refractivity contribution in [3.05, 3.63) is 11.9 Å². The number of isocyanates is 1. The zero-order valence-electron chi connectivity index (χ0n) is 9.96. The Labute approximate surface area is 105 Å². The van der Waals surface area contributed by atoms with Crippen molar-refractivity contribution in [2.45, 2.75) is 37.2 Å². The molecule has 1 saturated heterocycles. The van der Waals surface area contributed by atoms with Gasteiger partial charge in [-0.1, -0.05) is 0 Å². The van der Waals surface area contributed by atoms with E-state index in [0.29, 0.717) is 18.7 Å². The molecule has 0 radical (unpaired) electrons. The molecule has 1 aliphatic heterocycles. The number of nitrogens with one attached hydrogen (secondary N) is 1. The topological polar surface area (TPSA) is 95.5 Å². The van der Waals surface area contributed by atoms with E-state index >= 15 is 0 Å². The highest BCUT2D eigenvalue weighted by atomic mass is 32.2. The molecule has 1 atom stereocenters. The number of aliphatic imine (C=N–C) groups is 1. The van der Waals surface area contributed by atoms with Crippen LogP contribution in [0.15, 0.2) is 16.1 Å². The molecule has 2 rings (SSSR count). The fourth-order valence-corrected chi connectivity index (χ4v) is 3.80. The SMILES string of the molecule is Cc1[nH]ncc1S(=O)(=O)N1CCCCC1N=C=O. The van der Waals surface area contributed by atoms with E-state index in [1.807, 2.05) is 0 Å². The van der Waals surface area contributed by atoms with E-state index < -0.39 is 16.2 Å². The molecule has 1 aromatic rings. The molecule has 0 spiro atoms. The quantitative estimate of drug-likeness (QED) is 0.641. The van der Waals surface area contributed by atoms with Gasteiger partial charge in [0.25, 0.3) is 0 Å². The molecule has 1 fully saturated rings. The summed E-state index contributed by atoms with van der Waals surface area (Å²) in [6.45, 7) is 2.00. The first-order valence-electron chi connectivity index (χ1n) is 5.66. The average molecular weight is 270 g/mol. The Morgan fingerprint density at radius 3 is 2.94 bits per heavy atom. The van der Waals surface area contributed by atoms with Crippen molar-refractivity contribution in [1.29, 1.82) is 0 Å². The number of piperidine rings is 1. The standard InChI is InChI=1S/C10H14N4O3S/c1-8-9(6-12-13-8)18(16,17)14-5-3-2-4-10(14)11-7-15/h6,10H,2-5H2,1H3,(H,12,13). The van der Waals surface area contributed by atoms with E-state index in [-0.39, 0.29) is 4.90 Å². The van der Waals surface area contributed by atoms with Crippen molar-refractivity contribution in [1.82, 2.24) is 14.5 Å². The minimum absolute atomic E-state index is 0.135. The number of H-pyrrole nitrogens is 1. The molecule has 1 N–H and O–H groups in total. The lowest BCUT2D eigenvalue weighted by atomic mass is 10.1. The molecular formula is C10H14N4O3S. The van der Waals surface area contributed by atoms with Crippen LogP contribution in [0.25, 0.3) is 0 Å². The van der Waals surface area contributed by atoms with Crippen LogP contribution in [-0.4, -0.2) is 41.7 Å². The molecule has 1 unspecified atom stereocenters. The van der Waals surface area contributed by atoms with E-state index in [2.05, 4.69) is 15.2 Å². The summed E-state index contributed by atoms with van der Waals surface area (Å²) >= 11 is 0. The van der Waals surface area contributed by atoms with Gasteiger partial charge in [-0.15, -0.1) is 0 Å². The number of carbonyl (C=O) groups excluding carboxylic acids is 1. The molecule has 1 aliphatic rings. The molecule has 0 amide bonds. The molecule has 1 aromatic heterocycles. The van der Waals surface area contributed by atoms with Crippen LogP contribution in [0.3, 0.4) is 0 Å². The van der Waals surface area contributed by atoms with Crippen LogP contribution in [0.1, 0.15) is 25.0 Å². The van der Waals surface area contributed by atoms with Crippen LogP contribution in [0, 0.1) is 6.92 Å². The van der Waals surface area contributed by atoms with E-state index in [1.54, 1.807) is 6.92 Å². The minimum Gasteiger partial charge on any atom is -0.281 e. The summed E-state index contributed by atoms with van der Waals surface area (Å²) in [5.41, 5.74) is 0.481. The number of nitrogens with zero attached hydrogens (tertiary/aromatic N) is 3. The van der Waals surface area contributed by atoms with Crippen LogP contribution in [-0.2, 0) is 14.8 Å². The highest BCUT2D eigenvalue weighted by molar-refractivity contribution is 7.89. The first-order chi connectivity index (χ1) is 8.57. The molecule has 18 heavy (non-hydrogen) atoms. The third kappa shape index (κ3) is 2.22. The van der Waals surface area contributed by atoms with Crippen molar-refractivity contribution in [2.75, 3.05) is 6.54 Å². The maximum absolute atomic E-state index is 12.4. The molecule has 0 aromatic carbocycles. The fourth-order valence-electron chi connectivity index (χ4n) is 2.08. The van der Waals surface area contributed by atoms with Gasteiger partial charge in [-0.3, -0.25) is 5.10 Å². The number of hydrogen-bond donors (Lipinski definition) is 1. The zero-order chi connectivity index (χ0) is 13.2. The summed E-state index contributed by atoms with van der Waals surface area (Å²) in [4.78, 5) is 14.1. The maximum Gasteiger partial charge on any atom is 0.248 e. The van der Waals surface area contributed by atoms with Crippen molar-refractivity contribution >= 4 is 16.1 Å². The van der Waals surface area contributed by atoms with Crippen LogP contribution in [0.4, 0.5) is 0 Å². The largest absolute Gasteiger partial charge is 0.281 e. The number of rotatable bonds is 3. The van der Waals surface area contributed by atoms with Crippen LogP contribution in [0.5, 0.6) is 0 Å². The first-order valence-corrected chi connectivity index (χ1v) is 7.10. The van der Waals surface area contributed by atoms with Gasteiger partial charge >= 0.3 is 0 Å².